The van der Waals surface area contributed by atoms with Crippen molar-refractivity contribution in [2.24, 2.45) is 12.0 Å². The predicted molar refractivity (Wildman–Crippen MR) is 119 cm³/mol. The first kappa shape index (κ1) is 20.1. The van der Waals surface area contributed by atoms with Crippen LogP contribution >= 0.6 is 11.6 Å². The van der Waals surface area contributed by atoms with E-state index in [1.54, 1.807) is 30.5 Å². The van der Waals surface area contributed by atoms with Gasteiger partial charge in [0.2, 0.25) is 0 Å². The summed E-state index contributed by atoms with van der Waals surface area (Å²) in [5.74, 6) is 2.38. The van der Waals surface area contributed by atoms with E-state index in [1.807, 2.05) is 19.2 Å². The van der Waals surface area contributed by atoms with Gasteiger partial charge in [-0.1, -0.05) is 11.6 Å². The molecule has 1 atom stereocenters. The van der Waals surface area contributed by atoms with E-state index in [0.717, 1.165) is 48.1 Å². The second-order valence-corrected chi connectivity index (χ2v) is 7.45. The molecule has 1 saturated heterocycles. The Balaban J connectivity index is 1.25. The first-order valence-electron chi connectivity index (χ1n) is 9.85. The van der Waals surface area contributed by atoms with E-state index in [0.29, 0.717) is 18.1 Å². The van der Waals surface area contributed by atoms with Gasteiger partial charge in [-0.3, -0.25) is 9.67 Å². The summed E-state index contributed by atoms with van der Waals surface area (Å²) < 4.78 is 1.73. The van der Waals surface area contributed by atoms with Gasteiger partial charge in [0.15, 0.2) is 11.6 Å². The molecule has 4 rings (SSSR count). The molecule has 10 nitrogen and oxygen atoms in total. The SMILES string of the molecule is CN=C(NCCNc1ncnc2c1cnn2C)NC1CCN(c2ncccc2Cl)C1. The van der Waals surface area contributed by atoms with Gasteiger partial charge in [0, 0.05) is 52.5 Å². The van der Waals surface area contributed by atoms with Crippen LogP contribution in [0.3, 0.4) is 0 Å². The lowest BCUT2D eigenvalue weighted by Crippen LogP contribution is -2.45. The van der Waals surface area contributed by atoms with Crippen molar-refractivity contribution >= 4 is 40.2 Å². The van der Waals surface area contributed by atoms with Crippen LogP contribution in [0.4, 0.5) is 11.6 Å². The zero-order valence-electron chi connectivity index (χ0n) is 17.0. The van der Waals surface area contributed by atoms with Crippen molar-refractivity contribution in [2.45, 2.75) is 12.5 Å². The van der Waals surface area contributed by atoms with Crippen molar-refractivity contribution in [1.82, 2.24) is 35.4 Å². The molecule has 4 heterocycles. The summed E-state index contributed by atoms with van der Waals surface area (Å²) in [6.45, 7) is 3.10. The van der Waals surface area contributed by atoms with E-state index in [-0.39, 0.29) is 6.04 Å². The number of nitrogens with zero attached hydrogens (tertiary/aromatic N) is 7. The summed E-state index contributed by atoms with van der Waals surface area (Å²) >= 11 is 6.28. The molecule has 1 fully saturated rings. The molecule has 0 spiro atoms. The maximum atomic E-state index is 6.28. The third kappa shape index (κ3) is 4.38. The first-order valence-corrected chi connectivity index (χ1v) is 10.2. The molecule has 0 bridgehead atoms. The van der Waals surface area contributed by atoms with Crippen molar-refractivity contribution < 1.29 is 0 Å². The zero-order chi connectivity index (χ0) is 20.9. The van der Waals surface area contributed by atoms with Crippen LogP contribution in [0.5, 0.6) is 0 Å². The quantitative estimate of drug-likeness (QED) is 0.306. The van der Waals surface area contributed by atoms with Gasteiger partial charge < -0.3 is 20.9 Å². The van der Waals surface area contributed by atoms with Gasteiger partial charge in [0.1, 0.15) is 18.0 Å². The van der Waals surface area contributed by atoms with Crippen LogP contribution in [0.1, 0.15) is 6.42 Å². The number of hydrogen-bond donors (Lipinski definition) is 3. The number of anilines is 2. The van der Waals surface area contributed by atoms with Crippen LogP contribution in [0, 0.1) is 0 Å². The molecule has 3 N–H and O–H groups in total. The summed E-state index contributed by atoms with van der Waals surface area (Å²) in [7, 11) is 3.64. The molecule has 0 aliphatic carbocycles. The average Bonchev–Trinajstić information content (AvgIpc) is 3.38. The Bertz CT molecular complexity index is 1030. The van der Waals surface area contributed by atoms with E-state index < -0.39 is 0 Å². The van der Waals surface area contributed by atoms with E-state index in [2.05, 4.69) is 45.9 Å². The van der Waals surface area contributed by atoms with Gasteiger partial charge in [0.25, 0.3) is 0 Å². The third-order valence-electron chi connectivity index (χ3n) is 5.03. The van der Waals surface area contributed by atoms with E-state index in [4.69, 9.17) is 11.6 Å². The normalized spacial score (nSPS) is 16.8. The lowest BCUT2D eigenvalue weighted by atomic mass is 10.3. The number of nitrogens with one attached hydrogen (secondary N) is 3. The molecule has 158 valence electrons. The third-order valence-corrected chi connectivity index (χ3v) is 5.33. The minimum Gasteiger partial charge on any atom is -0.368 e. The summed E-state index contributed by atoms with van der Waals surface area (Å²) in [6.07, 6.45) is 6.07. The highest BCUT2D eigenvalue weighted by molar-refractivity contribution is 6.32. The van der Waals surface area contributed by atoms with Gasteiger partial charge in [-0.15, -0.1) is 0 Å². The highest BCUT2D eigenvalue weighted by Gasteiger charge is 2.25. The van der Waals surface area contributed by atoms with Crippen molar-refractivity contribution in [3.63, 3.8) is 0 Å². The Morgan fingerprint density at radius 1 is 1.30 bits per heavy atom. The van der Waals surface area contributed by atoms with Crippen molar-refractivity contribution in [1.29, 1.82) is 0 Å². The first-order chi connectivity index (χ1) is 14.7. The maximum Gasteiger partial charge on any atom is 0.191 e. The Kier molecular flexibility index (Phi) is 6.12. The predicted octanol–water partition coefficient (Wildman–Crippen LogP) is 1.27. The second kappa shape index (κ2) is 9.12. The molecule has 30 heavy (non-hydrogen) atoms. The molecule has 3 aromatic heterocycles. The number of hydrogen-bond acceptors (Lipinski definition) is 7. The maximum absolute atomic E-state index is 6.28. The Hall–Kier alpha value is -3.14. The number of pyridine rings is 1. The number of aryl methyl sites for hydroxylation is 1. The van der Waals surface area contributed by atoms with Crippen LogP contribution in [0.25, 0.3) is 11.0 Å². The fourth-order valence-electron chi connectivity index (χ4n) is 3.53. The Morgan fingerprint density at radius 3 is 3.03 bits per heavy atom. The minimum atomic E-state index is 0.277. The smallest absolute Gasteiger partial charge is 0.191 e. The molecule has 11 heteroatoms. The minimum absolute atomic E-state index is 0.277. The Morgan fingerprint density at radius 2 is 2.20 bits per heavy atom. The highest BCUT2D eigenvalue weighted by Crippen LogP contribution is 2.25. The highest BCUT2D eigenvalue weighted by atomic mass is 35.5. The monoisotopic (exact) mass is 428 g/mol. The fraction of sp³-hybridized carbons (Fsp3) is 0.421. The zero-order valence-corrected chi connectivity index (χ0v) is 17.8. The number of aromatic nitrogens is 5. The lowest BCUT2D eigenvalue weighted by Gasteiger charge is -2.20. The van der Waals surface area contributed by atoms with Crippen LogP contribution in [-0.4, -0.2) is 70.0 Å². The van der Waals surface area contributed by atoms with Gasteiger partial charge in [-0.05, 0) is 18.6 Å². The van der Waals surface area contributed by atoms with Crippen molar-refractivity contribution in [3.8, 4) is 0 Å². The van der Waals surface area contributed by atoms with Crippen LogP contribution < -0.4 is 20.9 Å². The van der Waals surface area contributed by atoms with E-state index >= 15 is 0 Å². The molecular weight excluding hydrogens is 404 g/mol. The van der Waals surface area contributed by atoms with E-state index in [9.17, 15) is 0 Å². The molecule has 0 amide bonds. The van der Waals surface area contributed by atoms with Crippen LogP contribution in [0.2, 0.25) is 5.02 Å². The number of halogens is 1. The Labute approximate surface area is 179 Å². The van der Waals surface area contributed by atoms with Gasteiger partial charge in [-0.25, -0.2) is 15.0 Å². The standard InChI is InChI=1S/C19H25ClN10/c1-21-19(28-13-5-9-30(11-13)18-15(20)4-3-6-23-18)24-8-7-22-16-14-10-27-29(2)17(14)26-12-25-16/h3-4,6,10,12-13H,5,7-9,11H2,1-2H3,(H2,21,24,28)(H,22,25,26). The molecule has 0 radical (unpaired) electrons. The number of rotatable bonds is 6. The topological polar surface area (TPSA) is 108 Å². The van der Waals surface area contributed by atoms with Crippen LogP contribution in [0.15, 0.2) is 35.8 Å². The van der Waals surface area contributed by atoms with Gasteiger partial charge in [-0.2, -0.15) is 5.10 Å². The fourth-order valence-corrected chi connectivity index (χ4v) is 3.77. The molecule has 1 aliphatic heterocycles. The molecule has 0 saturated carbocycles. The summed E-state index contributed by atoms with van der Waals surface area (Å²) in [4.78, 5) is 19.5. The summed E-state index contributed by atoms with van der Waals surface area (Å²) in [5, 5.41) is 16.0. The number of aliphatic imine (C=N–C) groups is 1. The number of guanidine groups is 1. The average molecular weight is 429 g/mol. The van der Waals surface area contributed by atoms with Crippen molar-refractivity contribution in [3.05, 3.63) is 35.9 Å². The molecule has 3 aromatic rings. The molecule has 0 aromatic carbocycles. The van der Waals surface area contributed by atoms with Gasteiger partial charge >= 0.3 is 0 Å². The lowest BCUT2D eigenvalue weighted by molar-refractivity contribution is 0.650. The summed E-state index contributed by atoms with van der Waals surface area (Å²) in [6, 6.07) is 3.99. The molecule has 1 unspecified atom stereocenters. The molecule has 1 aliphatic rings. The number of fused-ring (bicyclic) bond motifs is 1. The van der Waals surface area contributed by atoms with Crippen molar-refractivity contribution in [2.75, 3.05) is 43.4 Å². The van der Waals surface area contributed by atoms with Gasteiger partial charge in [0.05, 0.1) is 16.6 Å². The summed E-state index contributed by atoms with van der Waals surface area (Å²) in [5.41, 5.74) is 0.803. The largest absolute Gasteiger partial charge is 0.368 e. The second-order valence-electron chi connectivity index (χ2n) is 7.04. The van der Waals surface area contributed by atoms with E-state index in [1.165, 1.54) is 0 Å². The van der Waals surface area contributed by atoms with Crippen LogP contribution in [-0.2, 0) is 7.05 Å². The molecular formula is C19H25ClN10.